The standard InChI is InChI=1S/C10H11BrF2N2O.ClH/c1-5(4-14)15-10(16)6-2-8(12)9(13)3-7(6)11;/h2-3,5H,4,14H2,1H3,(H,15,16);1H/t5-;/m1./s1. The van der Waals surface area contributed by atoms with Gasteiger partial charge < -0.3 is 11.1 Å². The lowest BCUT2D eigenvalue weighted by Gasteiger charge is -2.12. The van der Waals surface area contributed by atoms with E-state index in [-0.39, 0.29) is 35.0 Å². The molecule has 1 aromatic carbocycles. The number of halogens is 4. The Morgan fingerprint density at radius 3 is 2.53 bits per heavy atom. The van der Waals surface area contributed by atoms with Gasteiger partial charge in [0.25, 0.3) is 5.91 Å². The van der Waals surface area contributed by atoms with Gasteiger partial charge in [-0.05, 0) is 35.0 Å². The third kappa shape index (κ3) is 4.22. The molecule has 0 aromatic heterocycles. The molecule has 1 atom stereocenters. The van der Waals surface area contributed by atoms with Crippen molar-refractivity contribution in [3.8, 4) is 0 Å². The van der Waals surface area contributed by atoms with E-state index in [4.69, 9.17) is 5.73 Å². The van der Waals surface area contributed by atoms with Crippen LogP contribution in [0.2, 0.25) is 0 Å². The summed E-state index contributed by atoms with van der Waals surface area (Å²) < 4.78 is 25.9. The van der Waals surface area contributed by atoms with Crippen LogP contribution in [0.25, 0.3) is 0 Å². The van der Waals surface area contributed by atoms with Crippen LogP contribution in [0, 0.1) is 11.6 Å². The Bertz CT molecular complexity index is 418. The average Bonchev–Trinajstić information content (AvgIpc) is 2.23. The smallest absolute Gasteiger partial charge is 0.252 e. The van der Waals surface area contributed by atoms with Crippen molar-refractivity contribution in [3.63, 3.8) is 0 Å². The van der Waals surface area contributed by atoms with E-state index in [1.807, 2.05) is 0 Å². The Morgan fingerprint density at radius 2 is 2.00 bits per heavy atom. The molecule has 0 aliphatic carbocycles. The highest BCUT2D eigenvalue weighted by Crippen LogP contribution is 2.20. The SMILES string of the molecule is C[C@H](CN)NC(=O)c1cc(F)c(F)cc1Br.Cl. The minimum absolute atomic E-state index is 0. The van der Waals surface area contributed by atoms with Gasteiger partial charge in [0, 0.05) is 17.1 Å². The summed E-state index contributed by atoms with van der Waals surface area (Å²) in [7, 11) is 0. The van der Waals surface area contributed by atoms with E-state index in [9.17, 15) is 13.6 Å². The molecule has 1 amide bonds. The summed E-state index contributed by atoms with van der Waals surface area (Å²) in [4.78, 5) is 11.6. The zero-order valence-electron chi connectivity index (χ0n) is 8.97. The number of nitrogens with one attached hydrogen (secondary N) is 1. The molecule has 7 heteroatoms. The lowest BCUT2D eigenvalue weighted by molar-refractivity contribution is 0.0940. The molecule has 1 aromatic rings. The van der Waals surface area contributed by atoms with Crippen LogP contribution < -0.4 is 11.1 Å². The maximum Gasteiger partial charge on any atom is 0.252 e. The molecule has 0 spiro atoms. The Labute approximate surface area is 112 Å². The highest BCUT2D eigenvalue weighted by molar-refractivity contribution is 9.10. The van der Waals surface area contributed by atoms with Crippen LogP contribution in [0.1, 0.15) is 17.3 Å². The van der Waals surface area contributed by atoms with E-state index < -0.39 is 17.5 Å². The molecule has 0 saturated heterocycles. The van der Waals surface area contributed by atoms with Gasteiger partial charge in [-0.3, -0.25) is 4.79 Å². The lowest BCUT2D eigenvalue weighted by atomic mass is 10.2. The second-order valence-electron chi connectivity index (χ2n) is 3.36. The van der Waals surface area contributed by atoms with Crippen molar-refractivity contribution in [2.75, 3.05) is 6.54 Å². The van der Waals surface area contributed by atoms with Crippen molar-refractivity contribution in [2.45, 2.75) is 13.0 Å². The summed E-state index contributed by atoms with van der Waals surface area (Å²) >= 11 is 2.99. The van der Waals surface area contributed by atoms with Crippen LogP contribution >= 0.6 is 28.3 Å². The summed E-state index contributed by atoms with van der Waals surface area (Å²) in [6, 6.07) is 1.53. The topological polar surface area (TPSA) is 55.1 Å². The summed E-state index contributed by atoms with van der Waals surface area (Å²) in [6.45, 7) is 1.98. The molecule has 3 N–H and O–H groups in total. The van der Waals surface area contributed by atoms with Gasteiger partial charge in [0.05, 0.1) is 5.56 Å². The Morgan fingerprint density at radius 1 is 1.47 bits per heavy atom. The molecular weight excluding hydrogens is 317 g/mol. The normalized spacial score (nSPS) is 11.6. The largest absolute Gasteiger partial charge is 0.348 e. The molecule has 17 heavy (non-hydrogen) atoms. The molecule has 0 heterocycles. The molecule has 0 unspecified atom stereocenters. The van der Waals surface area contributed by atoms with Crippen LogP contribution in [-0.4, -0.2) is 18.5 Å². The van der Waals surface area contributed by atoms with Gasteiger partial charge in [0.15, 0.2) is 11.6 Å². The van der Waals surface area contributed by atoms with Gasteiger partial charge in [-0.2, -0.15) is 0 Å². The first-order chi connectivity index (χ1) is 7.45. The van der Waals surface area contributed by atoms with Gasteiger partial charge in [-0.1, -0.05) is 0 Å². The number of hydrogen-bond donors (Lipinski definition) is 2. The van der Waals surface area contributed by atoms with Crippen molar-refractivity contribution in [3.05, 3.63) is 33.8 Å². The third-order valence-corrected chi connectivity index (χ3v) is 2.64. The molecular formula is C10H12BrClF2N2O. The van der Waals surface area contributed by atoms with Crippen molar-refractivity contribution in [2.24, 2.45) is 5.73 Å². The average molecular weight is 330 g/mol. The molecule has 0 aliphatic rings. The summed E-state index contributed by atoms with van der Waals surface area (Å²) in [6.07, 6.45) is 0. The number of carbonyl (C=O) groups is 1. The number of hydrogen-bond acceptors (Lipinski definition) is 2. The van der Waals surface area contributed by atoms with E-state index >= 15 is 0 Å². The first kappa shape index (κ1) is 16.3. The maximum atomic E-state index is 12.9. The highest BCUT2D eigenvalue weighted by atomic mass is 79.9. The summed E-state index contributed by atoms with van der Waals surface area (Å²) in [5.41, 5.74) is 5.37. The van der Waals surface area contributed by atoms with Gasteiger partial charge >= 0.3 is 0 Å². The second kappa shape index (κ2) is 6.88. The lowest BCUT2D eigenvalue weighted by Crippen LogP contribution is -2.38. The Kier molecular flexibility index (Phi) is 6.59. The zero-order valence-corrected chi connectivity index (χ0v) is 11.4. The molecule has 0 fully saturated rings. The van der Waals surface area contributed by atoms with Gasteiger partial charge in [-0.15, -0.1) is 12.4 Å². The number of rotatable bonds is 3. The predicted molar refractivity (Wildman–Crippen MR) is 67.3 cm³/mol. The Hall–Kier alpha value is -0.720. The van der Waals surface area contributed by atoms with Gasteiger partial charge in [-0.25, -0.2) is 8.78 Å². The van der Waals surface area contributed by atoms with E-state index in [0.29, 0.717) is 0 Å². The van der Waals surface area contributed by atoms with Crippen molar-refractivity contribution in [1.29, 1.82) is 0 Å². The fraction of sp³-hybridized carbons (Fsp3) is 0.300. The van der Waals surface area contributed by atoms with Crippen molar-refractivity contribution in [1.82, 2.24) is 5.32 Å². The minimum atomic E-state index is -1.06. The summed E-state index contributed by atoms with van der Waals surface area (Å²) in [5.74, 6) is -2.56. The monoisotopic (exact) mass is 328 g/mol. The first-order valence-corrected chi connectivity index (χ1v) is 5.40. The van der Waals surface area contributed by atoms with Crippen LogP contribution in [0.4, 0.5) is 8.78 Å². The minimum Gasteiger partial charge on any atom is -0.348 e. The molecule has 96 valence electrons. The highest BCUT2D eigenvalue weighted by Gasteiger charge is 2.15. The quantitative estimate of drug-likeness (QED) is 0.836. The molecule has 0 saturated carbocycles. The van der Waals surface area contributed by atoms with Crippen molar-refractivity contribution >= 4 is 34.2 Å². The van der Waals surface area contributed by atoms with Gasteiger partial charge in [0.1, 0.15) is 0 Å². The molecule has 1 rings (SSSR count). The van der Waals surface area contributed by atoms with Crippen LogP contribution in [0.15, 0.2) is 16.6 Å². The van der Waals surface area contributed by atoms with Gasteiger partial charge in [0.2, 0.25) is 0 Å². The molecule has 0 bridgehead atoms. The zero-order chi connectivity index (χ0) is 12.3. The fourth-order valence-corrected chi connectivity index (χ4v) is 1.55. The summed E-state index contributed by atoms with van der Waals surface area (Å²) in [5, 5.41) is 2.55. The molecule has 3 nitrogen and oxygen atoms in total. The predicted octanol–water partition coefficient (Wildman–Crippen LogP) is 2.23. The van der Waals surface area contributed by atoms with E-state index in [2.05, 4.69) is 21.2 Å². The van der Waals surface area contributed by atoms with Crippen LogP contribution in [0.3, 0.4) is 0 Å². The van der Waals surface area contributed by atoms with E-state index in [1.54, 1.807) is 6.92 Å². The maximum absolute atomic E-state index is 12.9. The number of benzene rings is 1. The third-order valence-electron chi connectivity index (χ3n) is 1.99. The molecule has 0 radical (unpaired) electrons. The number of nitrogens with two attached hydrogens (primary N) is 1. The first-order valence-electron chi connectivity index (χ1n) is 4.61. The fourth-order valence-electron chi connectivity index (χ4n) is 1.06. The van der Waals surface area contributed by atoms with Crippen molar-refractivity contribution < 1.29 is 13.6 Å². The second-order valence-corrected chi connectivity index (χ2v) is 4.21. The molecule has 0 aliphatic heterocycles. The number of carbonyl (C=O) groups excluding carboxylic acids is 1. The van der Waals surface area contributed by atoms with E-state index in [1.165, 1.54) is 0 Å². The Balaban J connectivity index is 0.00000256. The van der Waals surface area contributed by atoms with Crippen LogP contribution in [-0.2, 0) is 0 Å². The van der Waals surface area contributed by atoms with Crippen LogP contribution in [0.5, 0.6) is 0 Å². The number of amides is 1. The van der Waals surface area contributed by atoms with E-state index in [0.717, 1.165) is 12.1 Å².